The van der Waals surface area contributed by atoms with Gasteiger partial charge in [-0.1, -0.05) is 30.3 Å². The monoisotopic (exact) mass is 173 g/mol. The highest BCUT2D eigenvalue weighted by molar-refractivity contribution is 5.42. The molecular formula is C12H12O. The molecular weight excluding hydrogens is 160 g/mol. The maximum atomic E-state index is 7.61. The fraction of sp³-hybridized carbons (Fsp3) is 0.333. The second-order valence-corrected chi connectivity index (χ2v) is 3.65. The Bertz CT molecular complexity index is 397. The lowest BCUT2D eigenvalue weighted by Crippen LogP contribution is -2.19. The largest absolute Gasteiger partial charge is 0.489 e. The topological polar surface area (TPSA) is 9.23 Å². The summed E-state index contributed by atoms with van der Waals surface area (Å²) < 4.78 is 13.4. The summed E-state index contributed by atoms with van der Waals surface area (Å²) in [6.45, 7) is 0. The van der Waals surface area contributed by atoms with E-state index >= 15 is 0 Å². The molecule has 1 aliphatic carbocycles. The standard InChI is InChI=1S/C12H12O/c1-3-7-11-9(5-1)10-6-2-4-8-12(10)13-11/h1-5,7,10,12H,6,8H2/t10-,12-/m1/s1/i4D. The van der Waals surface area contributed by atoms with Crippen molar-refractivity contribution in [1.82, 2.24) is 0 Å². The summed E-state index contributed by atoms with van der Waals surface area (Å²) in [4.78, 5) is 0. The van der Waals surface area contributed by atoms with Crippen LogP contribution in [0.5, 0.6) is 5.75 Å². The Morgan fingerprint density at radius 2 is 2.23 bits per heavy atom. The number of benzene rings is 1. The number of ether oxygens (including phenoxy) is 1. The zero-order valence-electron chi connectivity index (χ0n) is 8.36. The molecule has 1 nitrogen and oxygen atoms in total. The summed E-state index contributed by atoms with van der Waals surface area (Å²) in [7, 11) is 0. The van der Waals surface area contributed by atoms with Crippen molar-refractivity contribution in [3.63, 3.8) is 0 Å². The molecule has 0 bridgehead atoms. The second kappa shape index (κ2) is 2.63. The van der Waals surface area contributed by atoms with Crippen LogP contribution < -0.4 is 4.74 Å². The number of allylic oxidation sites excluding steroid dienone is 1. The molecule has 13 heavy (non-hydrogen) atoms. The van der Waals surface area contributed by atoms with E-state index in [0.717, 1.165) is 24.6 Å². The molecule has 2 atom stereocenters. The highest BCUT2D eigenvalue weighted by Crippen LogP contribution is 2.43. The molecule has 0 N–H and O–H groups in total. The molecule has 2 aliphatic rings. The van der Waals surface area contributed by atoms with E-state index in [1.54, 1.807) is 0 Å². The molecule has 0 spiro atoms. The summed E-state index contributed by atoms with van der Waals surface area (Å²) in [5.74, 6) is 1.51. The van der Waals surface area contributed by atoms with E-state index in [-0.39, 0.29) is 6.10 Å². The van der Waals surface area contributed by atoms with E-state index in [9.17, 15) is 0 Å². The van der Waals surface area contributed by atoms with E-state index in [4.69, 9.17) is 6.11 Å². The predicted octanol–water partition coefficient (Wildman–Crippen LogP) is 2.88. The number of hydrogen-bond acceptors (Lipinski definition) is 1. The third kappa shape index (κ3) is 0.998. The molecule has 0 saturated heterocycles. The summed E-state index contributed by atoms with van der Waals surface area (Å²) in [5, 5.41) is 0. The molecule has 1 aromatic rings. The lowest BCUT2D eigenvalue weighted by Gasteiger charge is -2.19. The van der Waals surface area contributed by atoms with Crippen molar-refractivity contribution in [3.05, 3.63) is 42.0 Å². The molecule has 1 aliphatic heterocycles. The number of fused-ring (bicyclic) bond motifs is 3. The fourth-order valence-corrected chi connectivity index (χ4v) is 2.21. The van der Waals surface area contributed by atoms with E-state index in [1.165, 1.54) is 5.56 Å². The van der Waals surface area contributed by atoms with E-state index < -0.39 is 0 Å². The van der Waals surface area contributed by atoms with E-state index in [2.05, 4.69) is 12.1 Å². The van der Waals surface area contributed by atoms with Crippen LogP contribution in [0.4, 0.5) is 0 Å². The number of hydrogen-bond donors (Lipinski definition) is 0. The molecule has 0 unspecified atom stereocenters. The Morgan fingerprint density at radius 1 is 1.31 bits per heavy atom. The fourth-order valence-electron chi connectivity index (χ4n) is 2.21. The van der Waals surface area contributed by atoms with Crippen LogP contribution in [0, 0.1) is 0 Å². The Kier molecular flexibility index (Phi) is 1.26. The van der Waals surface area contributed by atoms with Crippen LogP contribution >= 0.6 is 0 Å². The maximum Gasteiger partial charge on any atom is 0.123 e. The van der Waals surface area contributed by atoms with Gasteiger partial charge in [0.25, 0.3) is 0 Å². The zero-order chi connectivity index (χ0) is 9.54. The van der Waals surface area contributed by atoms with Crippen molar-refractivity contribution in [2.24, 2.45) is 0 Å². The van der Waals surface area contributed by atoms with Crippen molar-refractivity contribution in [1.29, 1.82) is 0 Å². The van der Waals surface area contributed by atoms with Crippen LogP contribution in [0.1, 0.15) is 25.7 Å². The first kappa shape index (κ1) is 6.25. The van der Waals surface area contributed by atoms with Gasteiger partial charge < -0.3 is 4.74 Å². The molecule has 1 heterocycles. The van der Waals surface area contributed by atoms with Gasteiger partial charge in [0.05, 0.1) is 1.37 Å². The molecule has 0 aromatic heterocycles. The first-order chi connectivity index (χ1) is 6.84. The van der Waals surface area contributed by atoms with Gasteiger partial charge in [-0.2, -0.15) is 0 Å². The lowest BCUT2D eigenvalue weighted by molar-refractivity contribution is 0.204. The smallest absolute Gasteiger partial charge is 0.123 e. The minimum absolute atomic E-state index is 0.213. The molecule has 3 rings (SSSR count). The molecule has 1 aromatic carbocycles. The molecule has 66 valence electrons. The van der Waals surface area contributed by atoms with Gasteiger partial charge in [-0.05, 0) is 12.5 Å². The van der Waals surface area contributed by atoms with Gasteiger partial charge in [-0.3, -0.25) is 0 Å². The van der Waals surface area contributed by atoms with Crippen LogP contribution in [0.25, 0.3) is 0 Å². The summed E-state index contributed by atoms with van der Waals surface area (Å²) in [5.41, 5.74) is 1.32. The van der Waals surface area contributed by atoms with Crippen LogP contribution in [-0.4, -0.2) is 6.10 Å². The average molecular weight is 173 g/mol. The Hall–Kier alpha value is -1.24. The predicted molar refractivity (Wildman–Crippen MR) is 52.0 cm³/mol. The van der Waals surface area contributed by atoms with E-state index in [1.807, 2.05) is 18.2 Å². The van der Waals surface area contributed by atoms with Crippen LogP contribution in [-0.2, 0) is 0 Å². The zero-order valence-corrected chi connectivity index (χ0v) is 7.36. The highest BCUT2D eigenvalue weighted by Gasteiger charge is 2.33. The Balaban J connectivity index is 2.00. The summed E-state index contributed by atoms with van der Waals surface area (Å²) >= 11 is 0. The van der Waals surface area contributed by atoms with Gasteiger partial charge in [0.1, 0.15) is 11.9 Å². The SMILES string of the molecule is [2H]C1=CC[C@@H]2c3ccccc3O[C@@H]2C1. The lowest BCUT2D eigenvalue weighted by atomic mass is 9.87. The van der Waals surface area contributed by atoms with Crippen molar-refractivity contribution < 1.29 is 6.11 Å². The first-order valence-electron chi connectivity index (χ1n) is 5.26. The quantitative estimate of drug-likeness (QED) is 0.548. The average Bonchev–Trinajstić information content (AvgIpc) is 2.54. The van der Waals surface area contributed by atoms with Gasteiger partial charge in [-0.15, -0.1) is 0 Å². The van der Waals surface area contributed by atoms with Crippen molar-refractivity contribution in [3.8, 4) is 5.75 Å². The van der Waals surface area contributed by atoms with Gasteiger partial charge in [0, 0.05) is 17.9 Å². The van der Waals surface area contributed by atoms with Crippen molar-refractivity contribution >= 4 is 0 Å². The molecule has 0 amide bonds. The summed E-state index contributed by atoms with van der Waals surface area (Å²) in [6.07, 6.45) is 3.96. The van der Waals surface area contributed by atoms with E-state index in [0.29, 0.717) is 5.92 Å². The third-order valence-corrected chi connectivity index (χ3v) is 2.88. The van der Waals surface area contributed by atoms with Gasteiger partial charge in [0.2, 0.25) is 0 Å². The molecule has 0 saturated carbocycles. The molecule has 1 heteroatoms. The van der Waals surface area contributed by atoms with Crippen molar-refractivity contribution in [2.45, 2.75) is 24.9 Å². The summed E-state index contributed by atoms with van der Waals surface area (Å²) in [6, 6.07) is 8.95. The van der Waals surface area contributed by atoms with Gasteiger partial charge in [-0.25, -0.2) is 0 Å². The molecule has 0 radical (unpaired) electrons. The highest BCUT2D eigenvalue weighted by atomic mass is 16.5. The number of para-hydroxylation sites is 1. The third-order valence-electron chi connectivity index (χ3n) is 2.88. The molecule has 0 fully saturated rings. The van der Waals surface area contributed by atoms with Crippen LogP contribution in [0.3, 0.4) is 0 Å². The van der Waals surface area contributed by atoms with Crippen LogP contribution in [0.15, 0.2) is 36.4 Å². The maximum absolute atomic E-state index is 7.61. The number of rotatable bonds is 0. The minimum Gasteiger partial charge on any atom is -0.489 e. The van der Waals surface area contributed by atoms with Gasteiger partial charge in [0.15, 0.2) is 0 Å². The second-order valence-electron chi connectivity index (χ2n) is 3.65. The van der Waals surface area contributed by atoms with Gasteiger partial charge >= 0.3 is 0 Å². The van der Waals surface area contributed by atoms with Crippen molar-refractivity contribution in [2.75, 3.05) is 0 Å². The normalized spacial score (nSPS) is 31.1. The Morgan fingerprint density at radius 3 is 3.23 bits per heavy atom. The minimum atomic E-state index is 0.213. The Labute approximate surface area is 79.4 Å². The van der Waals surface area contributed by atoms with Crippen LogP contribution in [0.2, 0.25) is 0 Å². The first-order valence-corrected chi connectivity index (χ1v) is 4.76.